The quantitative estimate of drug-likeness (QED) is 0.764. The van der Waals surface area contributed by atoms with Crippen molar-refractivity contribution in [2.45, 2.75) is 26.9 Å². The van der Waals surface area contributed by atoms with Crippen LogP contribution < -0.4 is 9.13 Å². The Kier molecular flexibility index (Phi) is 4.35. The Morgan fingerprint density at radius 3 is 1.30 bits per heavy atom. The maximum Gasteiger partial charge on any atom is 0.206 e. The molecule has 2 aromatic heterocycles. The molecule has 2 rings (SSSR count). The van der Waals surface area contributed by atoms with Gasteiger partial charge in [0.1, 0.15) is 0 Å². The number of aromatic nitrogens is 2. The average Bonchev–Trinajstić information content (AvgIpc) is 2.39. The number of hydrogen-bond acceptors (Lipinski definition) is 2. The number of pyridine rings is 2. The van der Waals surface area contributed by atoms with Gasteiger partial charge in [0.05, 0.1) is 0 Å². The molecule has 0 saturated carbocycles. The summed E-state index contributed by atoms with van der Waals surface area (Å²) in [4.78, 5) is 22.1. The number of Topliss-reactive ketones (excluding diaryl/α,β-unsaturated/α-hetero) is 2. The molecule has 0 saturated heterocycles. The van der Waals surface area contributed by atoms with Gasteiger partial charge in [-0.25, -0.2) is 0 Å². The third-order valence-electron chi connectivity index (χ3n) is 2.93. The van der Waals surface area contributed by atoms with Crippen LogP contribution in [0, 0.1) is 0 Å². The van der Waals surface area contributed by atoms with Crippen LogP contribution in [-0.4, -0.2) is 11.6 Å². The van der Waals surface area contributed by atoms with Crippen molar-refractivity contribution >= 4 is 11.6 Å². The van der Waals surface area contributed by atoms with E-state index in [1.807, 2.05) is 58.2 Å². The van der Waals surface area contributed by atoms with Crippen molar-refractivity contribution in [3.05, 3.63) is 49.1 Å². The Morgan fingerprint density at radius 1 is 0.750 bits per heavy atom. The Labute approximate surface area is 118 Å². The minimum absolute atomic E-state index is 0.132. The molecule has 0 bridgehead atoms. The van der Waals surface area contributed by atoms with E-state index >= 15 is 0 Å². The Balaban J connectivity index is 2.15. The van der Waals surface area contributed by atoms with Crippen LogP contribution in [0.15, 0.2) is 49.1 Å². The summed E-state index contributed by atoms with van der Waals surface area (Å²) in [5.74, 6) is 0.264. The van der Waals surface area contributed by atoms with E-state index in [1.54, 1.807) is 13.8 Å². The van der Waals surface area contributed by atoms with Crippen molar-refractivity contribution in [1.29, 1.82) is 0 Å². The van der Waals surface area contributed by atoms with Crippen LogP contribution in [-0.2, 0) is 22.7 Å². The van der Waals surface area contributed by atoms with Gasteiger partial charge in [-0.15, -0.1) is 0 Å². The second kappa shape index (κ2) is 6.19. The van der Waals surface area contributed by atoms with Crippen LogP contribution in [0.2, 0.25) is 0 Å². The fourth-order valence-corrected chi connectivity index (χ4v) is 2.02. The molecule has 0 aliphatic rings. The zero-order valence-corrected chi connectivity index (χ0v) is 11.7. The van der Waals surface area contributed by atoms with Gasteiger partial charge in [0.2, 0.25) is 13.1 Å². The van der Waals surface area contributed by atoms with Crippen LogP contribution in [0.25, 0.3) is 11.1 Å². The molecule has 0 aliphatic heterocycles. The summed E-state index contributed by atoms with van der Waals surface area (Å²) in [5, 5.41) is 0. The van der Waals surface area contributed by atoms with Crippen molar-refractivity contribution in [2.24, 2.45) is 0 Å². The van der Waals surface area contributed by atoms with Gasteiger partial charge in [0, 0.05) is 38.1 Å². The van der Waals surface area contributed by atoms with Gasteiger partial charge in [-0.3, -0.25) is 9.59 Å². The summed E-state index contributed by atoms with van der Waals surface area (Å²) in [7, 11) is 0. The zero-order chi connectivity index (χ0) is 14.5. The predicted molar refractivity (Wildman–Crippen MR) is 73.6 cm³/mol. The zero-order valence-electron chi connectivity index (χ0n) is 11.7. The SMILES string of the molecule is CC(=O)C[n+]1ccc(-c2cc[n+](CC(C)=O)cc2)cc1. The highest BCUT2D eigenvalue weighted by atomic mass is 16.1. The monoisotopic (exact) mass is 270 g/mol. The number of ketones is 2. The molecule has 0 unspecified atom stereocenters. The summed E-state index contributed by atoms with van der Waals surface area (Å²) in [6, 6.07) is 7.92. The van der Waals surface area contributed by atoms with Gasteiger partial charge < -0.3 is 0 Å². The fraction of sp³-hybridized carbons (Fsp3) is 0.250. The number of rotatable bonds is 5. The fourth-order valence-electron chi connectivity index (χ4n) is 2.02. The summed E-state index contributed by atoms with van der Waals surface area (Å²) < 4.78 is 3.70. The highest BCUT2D eigenvalue weighted by molar-refractivity contribution is 5.74. The van der Waals surface area contributed by atoms with E-state index < -0.39 is 0 Å². The predicted octanol–water partition coefficient (Wildman–Crippen LogP) is 1.11. The average molecular weight is 270 g/mol. The number of nitrogens with zero attached hydrogens (tertiary/aromatic N) is 2. The number of carbonyl (C=O) groups excluding carboxylic acids is 2. The topological polar surface area (TPSA) is 41.9 Å². The first-order chi connectivity index (χ1) is 9.54. The van der Waals surface area contributed by atoms with Crippen molar-refractivity contribution < 1.29 is 18.7 Å². The third-order valence-corrected chi connectivity index (χ3v) is 2.93. The second-order valence-corrected chi connectivity index (χ2v) is 4.92. The standard InChI is InChI=1S/C16H18N2O2/c1-13(19)11-17-7-3-15(4-8-17)16-5-9-18(10-6-16)12-14(2)20/h3-10H,11-12H2,1-2H3/q+2. The molecule has 0 N–H and O–H groups in total. The van der Waals surface area contributed by atoms with E-state index in [-0.39, 0.29) is 11.6 Å². The summed E-state index contributed by atoms with van der Waals surface area (Å²) in [6.07, 6.45) is 7.58. The molecule has 2 aromatic rings. The van der Waals surface area contributed by atoms with Gasteiger partial charge >= 0.3 is 0 Å². The number of hydrogen-bond donors (Lipinski definition) is 0. The van der Waals surface area contributed by atoms with E-state index in [0.717, 1.165) is 11.1 Å². The molecule has 4 nitrogen and oxygen atoms in total. The van der Waals surface area contributed by atoms with E-state index in [0.29, 0.717) is 13.1 Å². The van der Waals surface area contributed by atoms with Crippen LogP contribution in [0.4, 0.5) is 0 Å². The van der Waals surface area contributed by atoms with E-state index in [4.69, 9.17) is 0 Å². The Morgan fingerprint density at radius 2 is 1.05 bits per heavy atom. The molecule has 0 radical (unpaired) electrons. The minimum atomic E-state index is 0.132. The minimum Gasteiger partial charge on any atom is -0.293 e. The molecule has 2 heterocycles. The molecule has 4 heteroatoms. The molecule has 0 aromatic carbocycles. The largest absolute Gasteiger partial charge is 0.293 e. The third kappa shape index (κ3) is 3.82. The van der Waals surface area contributed by atoms with Gasteiger partial charge in [-0.05, 0) is 11.1 Å². The lowest BCUT2D eigenvalue weighted by Gasteiger charge is -2.00. The summed E-state index contributed by atoms with van der Waals surface area (Å²) in [5.41, 5.74) is 2.17. The molecule has 0 atom stereocenters. The first-order valence-corrected chi connectivity index (χ1v) is 6.52. The molecule has 0 fully saturated rings. The van der Waals surface area contributed by atoms with Gasteiger partial charge in [0.15, 0.2) is 36.4 Å². The van der Waals surface area contributed by atoms with Crippen LogP contribution in [0.1, 0.15) is 13.8 Å². The van der Waals surface area contributed by atoms with E-state index in [9.17, 15) is 9.59 Å². The molecule has 102 valence electrons. The van der Waals surface area contributed by atoms with Crippen LogP contribution in [0.5, 0.6) is 0 Å². The van der Waals surface area contributed by atoms with Gasteiger partial charge in [-0.2, -0.15) is 9.13 Å². The van der Waals surface area contributed by atoms with Crippen molar-refractivity contribution in [1.82, 2.24) is 0 Å². The molecule has 20 heavy (non-hydrogen) atoms. The molecular weight excluding hydrogens is 252 g/mol. The van der Waals surface area contributed by atoms with Crippen molar-refractivity contribution in [3.63, 3.8) is 0 Å². The normalized spacial score (nSPS) is 10.3. The summed E-state index contributed by atoms with van der Waals surface area (Å²) >= 11 is 0. The van der Waals surface area contributed by atoms with Crippen molar-refractivity contribution in [2.75, 3.05) is 0 Å². The van der Waals surface area contributed by atoms with Gasteiger partial charge in [-0.1, -0.05) is 0 Å². The number of carbonyl (C=O) groups is 2. The molecular formula is C16H18N2O2+2. The van der Waals surface area contributed by atoms with E-state index in [2.05, 4.69) is 0 Å². The molecule has 0 aliphatic carbocycles. The lowest BCUT2D eigenvalue weighted by molar-refractivity contribution is -0.684. The summed E-state index contributed by atoms with van der Waals surface area (Å²) in [6.45, 7) is 3.94. The van der Waals surface area contributed by atoms with E-state index in [1.165, 1.54) is 0 Å². The maximum absolute atomic E-state index is 11.0. The van der Waals surface area contributed by atoms with Crippen LogP contribution >= 0.6 is 0 Å². The second-order valence-electron chi connectivity index (χ2n) is 4.92. The lowest BCUT2D eigenvalue weighted by atomic mass is 10.1. The molecule has 0 amide bonds. The first kappa shape index (κ1) is 14.1. The Hall–Kier alpha value is -2.36. The van der Waals surface area contributed by atoms with Crippen LogP contribution in [0.3, 0.4) is 0 Å². The van der Waals surface area contributed by atoms with Crippen molar-refractivity contribution in [3.8, 4) is 11.1 Å². The van der Waals surface area contributed by atoms with Gasteiger partial charge in [0.25, 0.3) is 0 Å². The highest BCUT2D eigenvalue weighted by Crippen LogP contribution is 2.15. The first-order valence-electron chi connectivity index (χ1n) is 6.52. The highest BCUT2D eigenvalue weighted by Gasteiger charge is 2.08. The smallest absolute Gasteiger partial charge is 0.206 e. The Bertz CT molecular complexity index is 558. The molecule has 0 spiro atoms. The lowest BCUT2D eigenvalue weighted by Crippen LogP contribution is -2.36. The maximum atomic E-state index is 11.0.